The van der Waals surface area contributed by atoms with E-state index in [-0.39, 0.29) is 23.2 Å². The number of halogens is 1. The summed E-state index contributed by atoms with van der Waals surface area (Å²) in [5.41, 5.74) is 0. The molecule has 1 aliphatic rings. The van der Waals surface area contributed by atoms with Gasteiger partial charge in [0.15, 0.2) is 0 Å². The summed E-state index contributed by atoms with van der Waals surface area (Å²) in [6.07, 6.45) is 2.63. The number of furan rings is 1. The van der Waals surface area contributed by atoms with Crippen molar-refractivity contribution in [1.82, 2.24) is 4.90 Å². The Morgan fingerprint density at radius 3 is 2.88 bits per heavy atom. The minimum absolute atomic E-state index is 0.0812. The Balaban J connectivity index is 2.10. The van der Waals surface area contributed by atoms with Crippen LogP contribution < -0.4 is 0 Å². The van der Waals surface area contributed by atoms with Gasteiger partial charge in [-0.2, -0.15) is 0 Å². The molecule has 1 aromatic rings. The van der Waals surface area contributed by atoms with E-state index in [0.29, 0.717) is 19.4 Å². The van der Waals surface area contributed by atoms with E-state index in [2.05, 4.69) is 0 Å². The van der Waals surface area contributed by atoms with Gasteiger partial charge < -0.3 is 14.4 Å². The normalized spacial score (nSPS) is 20.3. The highest BCUT2D eigenvalue weighted by Crippen LogP contribution is 2.23. The van der Waals surface area contributed by atoms with Crippen molar-refractivity contribution in [1.29, 1.82) is 0 Å². The molecule has 0 bridgehead atoms. The fraction of sp³-hybridized carbons (Fsp3) is 0.455. The lowest BCUT2D eigenvalue weighted by Gasteiger charge is -2.30. The van der Waals surface area contributed by atoms with Crippen LogP contribution in [0.3, 0.4) is 0 Å². The first-order valence-corrected chi connectivity index (χ1v) is 5.72. The number of carboxylic acids is 1. The van der Waals surface area contributed by atoms with Crippen molar-refractivity contribution in [3.63, 3.8) is 0 Å². The average Bonchev–Trinajstić information content (AvgIpc) is 2.74. The van der Waals surface area contributed by atoms with Crippen LogP contribution in [0.15, 0.2) is 16.7 Å². The largest absolute Gasteiger partial charge is 0.481 e. The van der Waals surface area contributed by atoms with E-state index in [1.807, 2.05) is 0 Å². The van der Waals surface area contributed by atoms with Gasteiger partial charge in [-0.25, -0.2) is 0 Å². The second kappa shape index (κ2) is 4.79. The standard InChI is InChI=1S/C11H12ClNO4/c12-8-3-5-17-9(8)10(14)13-4-1-2-7(6-13)11(15)16/h3,5,7H,1-2,4,6H2,(H,15,16). The van der Waals surface area contributed by atoms with Crippen LogP contribution in [0.4, 0.5) is 0 Å². The van der Waals surface area contributed by atoms with Crippen LogP contribution in [0.25, 0.3) is 0 Å². The van der Waals surface area contributed by atoms with E-state index >= 15 is 0 Å². The van der Waals surface area contributed by atoms with E-state index < -0.39 is 11.9 Å². The first-order valence-electron chi connectivity index (χ1n) is 5.34. The third kappa shape index (κ3) is 2.44. The van der Waals surface area contributed by atoms with Gasteiger partial charge in [0.2, 0.25) is 5.76 Å². The van der Waals surface area contributed by atoms with Crippen molar-refractivity contribution < 1.29 is 19.1 Å². The van der Waals surface area contributed by atoms with Crippen molar-refractivity contribution in [3.05, 3.63) is 23.1 Å². The molecule has 0 spiro atoms. The summed E-state index contributed by atoms with van der Waals surface area (Å²) in [6, 6.07) is 1.49. The highest BCUT2D eigenvalue weighted by molar-refractivity contribution is 6.33. The SMILES string of the molecule is O=C(O)C1CCCN(C(=O)c2occc2Cl)C1. The molecule has 1 aromatic heterocycles. The third-order valence-corrected chi connectivity index (χ3v) is 3.17. The Hall–Kier alpha value is -1.49. The molecule has 17 heavy (non-hydrogen) atoms. The number of rotatable bonds is 2. The van der Waals surface area contributed by atoms with Crippen LogP contribution in [-0.4, -0.2) is 35.0 Å². The molecule has 5 nitrogen and oxygen atoms in total. The first kappa shape index (κ1) is 12.0. The fourth-order valence-electron chi connectivity index (χ4n) is 1.95. The molecule has 0 aliphatic carbocycles. The Kier molecular flexibility index (Phi) is 3.38. The minimum atomic E-state index is -0.868. The van der Waals surface area contributed by atoms with Gasteiger partial charge in [-0.15, -0.1) is 0 Å². The van der Waals surface area contributed by atoms with Gasteiger partial charge in [0, 0.05) is 13.1 Å². The lowest BCUT2D eigenvalue weighted by atomic mass is 9.98. The highest BCUT2D eigenvalue weighted by atomic mass is 35.5. The second-order valence-corrected chi connectivity index (χ2v) is 4.43. The van der Waals surface area contributed by atoms with E-state index in [0.717, 1.165) is 0 Å². The molecule has 1 fully saturated rings. The van der Waals surface area contributed by atoms with Crippen LogP contribution in [0.5, 0.6) is 0 Å². The van der Waals surface area contributed by atoms with Crippen molar-refractivity contribution in [2.75, 3.05) is 13.1 Å². The summed E-state index contributed by atoms with van der Waals surface area (Å²) in [5.74, 6) is -1.63. The van der Waals surface area contributed by atoms with Crippen molar-refractivity contribution in [3.8, 4) is 0 Å². The molecule has 0 saturated carbocycles. The number of aliphatic carboxylic acids is 1. The molecule has 2 rings (SSSR count). The van der Waals surface area contributed by atoms with E-state index in [1.54, 1.807) is 0 Å². The monoisotopic (exact) mass is 257 g/mol. The van der Waals surface area contributed by atoms with Gasteiger partial charge in [-0.1, -0.05) is 11.6 Å². The molecule has 6 heteroatoms. The summed E-state index contributed by atoms with van der Waals surface area (Å²) in [7, 11) is 0. The summed E-state index contributed by atoms with van der Waals surface area (Å²) in [5, 5.41) is 9.19. The number of hydrogen-bond acceptors (Lipinski definition) is 3. The lowest BCUT2D eigenvalue weighted by molar-refractivity contribution is -0.143. The predicted octanol–water partition coefficient (Wildman–Crippen LogP) is 1.87. The molecule has 1 aliphatic heterocycles. The van der Waals surface area contributed by atoms with Crippen molar-refractivity contribution >= 4 is 23.5 Å². The highest BCUT2D eigenvalue weighted by Gasteiger charge is 2.30. The van der Waals surface area contributed by atoms with Gasteiger partial charge >= 0.3 is 5.97 Å². The van der Waals surface area contributed by atoms with E-state index in [1.165, 1.54) is 17.2 Å². The summed E-state index contributed by atoms with van der Waals surface area (Å²) in [4.78, 5) is 24.4. The zero-order valence-corrected chi connectivity index (χ0v) is 9.81. The number of hydrogen-bond donors (Lipinski definition) is 1. The average molecular weight is 258 g/mol. The van der Waals surface area contributed by atoms with Gasteiger partial charge in [-0.3, -0.25) is 9.59 Å². The van der Waals surface area contributed by atoms with Crippen LogP contribution in [0.1, 0.15) is 23.4 Å². The maximum Gasteiger partial charge on any atom is 0.308 e. The van der Waals surface area contributed by atoms with E-state index in [9.17, 15) is 9.59 Å². The molecule has 1 saturated heterocycles. The quantitative estimate of drug-likeness (QED) is 0.878. The first-order chi connectivity index (χ1) is 8.09. The molecular formula is C11H12ClNO4. The molecule has 2 heterocycles. The fourth-order valence-corrected chi connectivity index (χ4v) is 2.13. The molecule has 1 unspecified atom stereocenters. The van der Waals surface area contributed by atoms with Crippen LogP contribution in [0.2, 0.25) is 5.02 Å². The minimum Gasteiger partial charge on any atom is -0.481 e. The van der Waals surface area contributed by atoms with Gasteiger partial charge in [0.25, 0.3) is 5.91 Å². The molecule has 0 aromatic carbocycles. The number of nitrogens with zero attached hydrogens (tertiary/aromatic N) is 1. The maximum atomic E-state index is 12.0. The Morgan fingerprint density at radius 1 is 1.53 bits per heavy atom. The molecule has 1 atom stereocenters. The Bertz CT molecular complexity index is 442. The number of carboxylic acid groups (broad SMARTS) is 1. The summed E-state index contributed by atoms with van der Waals surface area (Å²) in [6.45, 7) is 0.755. The third-order valence-electron chi connectivity index (χ3n) is 2.87. The van der Waals surface area contributed by atoms with Gasteiger partial charge in [-0.05, 0) is 18.9 Å². The number of amides is 1. The van der Waals surface area contributed by atoms with Crippen molar-refractivity contribution in [2.45, 2.75) is 12.8 Å². The Morgan fingerprint density at radius 2 is 2.29 bits per heavy atom. The number of carbonyl (C=O) groups is 2. The summed E-state index contributed by atoms with van der Waals surface area (Å²) >= 11 is 5.80. The summed E-state index contributed by atoms with van der Waals surface area (Å²) < 4.78 is 5.00. The number of likely N-dealkylation sites (tertiary alicyclic amines) is 1. The number of carbonyl (C=O) groups excluding carboxylic acids is 1. The van der Waals surface area contributed by atoms with Gasteiger partial charge in [0.05, 0.1) is 17.2 Å². The molecule has 92 valence electrons. The molecule has 0 radical (unpaired) electrons. The van der Waals surface area contributed by atoms with E-state index in [4.69, 9.17) is 21.1 Å². The van der Waals surface area contributed by atoms with Crippen LogP contribution >= 0.6 is 11.6 Å². The maximum absolute atomic E-state index is 12.0. The molecule has 1 N–H and O–H groups in total. The molecular weight excluding hydrogens is 246 g/mol. The number of piperidine rings is 1. The molecule has 1 amide bonds. The topological polar surface area (TPSA) is 70.8 Å². The zero-order chi connectivity index (χ0) is 12.4. The second-order valence-electron chi connectivity index (χ2n) is 4.03. The zero-order valence-electron chi connectivity index (χ0n) is 9.06. The smallest absolute Gasteiger partial charge is 0.308 e. The predicted molar refractivity (Wildman–Crippen MR) is 60.0 cm³/mol. The van der Waals surface area contributed by atoms with Crippen LogP contribution in [0, 0.1) is 5.92 Å². The van der Waals surface area contributed by atoms with Crippen molar-refractivity contribution in [2.24, 2.45) is 5.92 Å². The lowest BCUT2D eigenvalue weighted by Crippen LogP contribution is -2.42. The van der Waals surface area contributed by atoms with Crippen LogP contribution in [-0.2, 0) is 4.79 Å². The Labute approximate surface area is 103 Å². The van der Waals surface area contributed by atoms with Gasteiger partial charge in [0.1, 0.15) is 0 Å².